The second-order valence-electron chi connectivity index (χ2n) is 6.97. The lowest BCUT2D eigenvalue weighted by molar-refractivity contribution is 0.239. The van der Waals surface area contributed by atoms with Crippen molar-refractivity contribution in [2.45, 2.75) is 26.9 Å². The molecule has 0 spiro atoms. The van der Waals surface area contributed by atoms with Gasteiger partial charge in [0, 0.05) is 11.4 Å². The number of carbonyl (C=O) groups is 1. The van der Waals surface area contributed by atoms with E-state index < -0.39 is 0 Å². The third-order valence-corrected chi connectivity index (χ3v) is 4.91. The normalized spacial score (nSPS) is 10.7. The van der Waals surface area contributed by atoms with Crippen molar-refractivity contribution in [2.75, 3.05) is 0 Å². The Labute approximate surface area is 175 Å². The summed E-state index contributed by atoms with van der Waals surface area (Å²) in [5.41, 5.74) is 3.87. The van der Waals surface area contributed by atoms with E-state index in [-0.39, 0.29) is 6.03 Å². The van der Waals surface area contributed by atoms with Crippen molar-refractivity contribution in [3.05, 3.63) is 96.1 Å². The Bertz CT molecular complexity index is 1040. The minimum Gasteiger partial charge on any atom is -0.333 e. The van der Waals surface area contributed by atoms with Crippen LogP contribution in [0.15, 0.2) is 73.1 Å². The molecule has 2 aromatic heterocycles. The largest absolute Gasteiger partial charge is 0.333 e. The van der Waals surface area contributed by atoms with E-state index >= 15 is 0 Å². The van der Waals surface area contributed by atoms with Crippen LogP contribution in [-0.2, 0) is 13.1 Å². The lowest BCUT2D eigenvalue weighted by atomic mass is 10.3. The fourth-order valence-corrected chi connectivity index (χ4v) is 3.50. The van der Waals surface area contributed by atoms with Gasteiger partial charge in [-0.1, -0.05) is 36.4 Å². The highest BCUT2D eigenvalue weighted by Gasteiger charge is 2.12. The minimum atomic E-state index is -0.244. The number of carbonyl (C=O) groups excluding carboxylic acids is 1. The van der Waals surface area contributed by atoms with Crippen LogP contribution in [0.5, 0.6) is 0 Å². The number of hydrogen-bond donors (Lipinski definition) is 2. The highest BCUT2D eigenvalue weighted by atomic mass is 16.2. The van der Waals surface area contributed by atoms with Gasteiger partial charge in [0.15, 0.2) is 0 Å². The van der Waals surface area contributed by atoms with Crippen molar-refractivity contribution < 1.29 is 4.79 Å². The molecule has 0 saturated heterocycles. The number of benzene rings is 2. The predicted octanol–water partition coefficient (Wildman–Crippen LogP) is 3.67. The molecule has 0 unspecified atom stereocenters. The Hall–Kier alpha value is -3.87. The molecule has 0 saturated carbocycles. The quantitative estimate of drug-likeness (QED) is 0.518. The van der Waals surface area contributed by atoms with Crippen molar-refractivity contribution in [3.63, 3.8) is 0 Å². The summed E-state index contributed by atoms with van der Waals surface area (Å²) < 4.78 is 4.07. The minimum absolute atomic E-state index is 0.244. The first-order valence-corrected chi connectivity index (χ1v) is 9.82. The van der Waals surface area contributed by atoms with E-state index in [2.05, 4.69) is 20.6 Å². The van der Waals surface area contributed by atoms with Gasteiger partial charge in [-0.2, -0.15) is 0 Å². The monoisotopic (exact) mass is 400 g/mol. The summed E-state index contributed by atoms with van der Waals surface area (Å²) in [6, 6.07) is 19.7. The van der Waals surface area contributed by atoms with Crippen molar-refractivity contribution in [2.24, 2.45) is 0 Å². The number of rotatable bonds is 6. The summed E-state index contributed by atoms with van der Waals surface area (Å²) in [5, 5.41) is 5.84. The summed E-state index contributed by atoms with van der Waals surface area (Å²) in [6.45, 7) is 4.64. The van der Waals surface area contributed by atoms with Crippen LogP contribution in [0.4, 0.5) is 4.79 Å². The van der Waals surface area contributed by atoms with Gasteiger partial charge in [0.25, 0.3) is 0 Å². The highest BCUT2D eigenvalue weighted by molar-refractivity contribution is 5.73. The van der Waals surface area contributed by atoms with E-state index in [1.165, 1.54) is 0 Å². The first-order valence-electron chi connectivity index (χ1n) is 9.82. The van der Waals surface area contributed by atoms with Crippen LogP contribution < -0.4 is 10.6 Å². The average molecular weight is 400 g/mol. The van der Waals surface area contributed by atoms with E-state index in [1.807, 2.05) is 83.6 Å². The Morgan fingerprint density at radius 1 is 0.733 bits per heavy atom. The molecule has 152 valence electrons. The molecule has 0 atom stereocenters. The molecule has 2 amide bonds. The van der Waals surface area contributed by atoms with E-state index in [4.69, 9.17) is 0 Å². The molecule has 0 aliphatic rings. The van der Waals surface area contributed by atoms with E-state index in [0.29, 0.717) is 13.1 Å². The number of imidazole rings is 2. The van der Waals surface area contributed by atoms with Gasteiger partial charge in [0.2, 0.25) is 0 Å². The maximum absolute atomic E-state index is 12.4. The van der Waals surface area contributed by atoms with E-state index in [1.54, 1.807) is 12.4 Å². The molecule has 0 fully saturated rings. The Kier molecular flexibility index (Phi) is 5.61. The van der Waals surface area contributed by atoms with Crippen LogP contribution in [0, 0.1) is 13.8 Å². The van der Waals surface area contributed by atoms with Crippen LogP contribution >= 0.6 is 0 Å². The molecule has 2 aromatic carbocycles. The van der Waals surface area contributed by atoms with Gasteiger partial charge in [-0.15, -0.1) is 0 Å². The second-order valence-corrected chi connectivity index (χ2v) is 6.97. The maximum atomic E-state index is 12.4. The standard InChI is InChI=1S/C23H24N6O/c1-17-24-13-21(28(17)19-9-5-3-6-10-19)15-26-23(30)27-16-22-14-25-18(2)29(22)20-11-7-4-8-12-20/h3-14H,15-16H2,1-2H3,(H2,26,27,30). The molecular weight excluding hydrogens is 376 g/mol. The molecule has 30 heavy (non-hydrogen) atoms. The fourth-order valence-electron chi connectivity index (χ4n) is 3.50. The van der Waals surface area contributed by atoms with Crippen LogP contribution in [-0.4, -0.2) is 25.1 Å². The smallest absolute Gasteiger partial charge is 0.315 e. The van der Waals surface area contributed by atoms with Crippen LogP contribution in [0.3, 0.4) is 0 Å². The summed E-state index contributed by atoms with van der Waals surface area (Å²) in [5.74, 6) is 1.75. The van der Waals surface area contributed by atoms with Crippen LogP contribution in [0.2, 0.25) is 0 Å². The molecular formula is C23H24N6O. The average Bonchev–Trinajstić information content (AvgIpc) is 3.34. The Morgan fingerprint density at radius 2 is 1.13 bits per heavy atom. The van der Waals surface area contributed by atoms with Crippen molar-refractivity contribution >= 4 is 6.03 Å². The molecule has 0 aliphatic heterocycles. The number of para-hydroxylation sites is 2. The molecule has 0 bridgehead atoms. The third-order valence-electron chi connectivity index (χ3n) is 4.91. The molecule has 4 aromatic rings. The number of aryl methyl sites for hydroxylation is 2. The molecule has 2 heterocycles. The number of nitrogens with one attached hydrogen (secondary N) is 2. The SMILES string of the molecule is Cc1ncc(CNC(=O)NCc2cnc(C)n2-c2ccccc2)n1-c1ccccc1. The molecule has 2 N–H and O–H groups in total. The lowest BCUT2D eigenvalue weighted by Crippen LogP contribution is -2.35. The third kappa shape index (κ3) is 4.10. The number of urea groups is 1. The molecule has 7 nitrogen and oxygen atoms in total. The lowest BCUT2D eigenvalue weighted by Gasteiger charge is -2.13. The van der Waals surface area contributed by atoms with Gasteiger partial charge in [0.1, 0.15) is 11.6 Å². The molecule has 0 aliphatic carbocycles. The molecule has 4 rings (SSSR count). The van der Waals surface area contributed by atoms with Crippen molar-refractivity contribution in [1.29, 1.82) is 0 Å². The van der Waals surface area contributed by atoms with Gasteiger partial charge in [-0.3, -0.25) is 9.13 Å². The molecule has 0 radical (unpaired) electrons. The predicted molar refractivity (Wildman–Crippen MR) is 116 cm³/mol. The topological polar surface area (TPSA) is 76.8 Å². The number of amides is 2. The van der Waals surface area contributed by atoms with Gasteiger partial charge in [-0.05, 0) is 38.1 Å². The van der Waals surface area contributed by atoms with E-state index in [9.17, 15) is 4.79 Å². The van der Waals surface area contributed by atoms with Gasteiger partial charge in [0.05, 0.1) is 36.9 Å². The van der Waals surface area contributed by atoms with Gasteiger partial charge < -0.3 is 10.6 Å². The Balaban J connectivity index is 1.40. The zero-order valence-corrected chi connectivity index (χ0v) is 17.0. The van der Waals surface area contributed by atoms with Crippen LogP contribution in [0.25, 0.3) is 11.4 Å². The first-order chi connectivity index (χ1) is 14.6. The summed E-state index contributed by atoms with van der Waals surface area (Å²) >= 11 is 0. The van der Waals surface area contributed by atoms with Crippen molar-refractivity contribution in [1.82, 2.24) is 29.7 Å². The Morgan fingerprint density at radius 3 is 1.53 bits per heavy atom. The van der Waals surface area contributed by atoms with Gasteiger partial charge >= 0.3 is 6.03 Å². The van der Waals surface area contributed by atoms with E-state index in [0.717, 1.165) is 34.4 Å². The highest BCUT2D eigenvalue weighted by Crippen LogP contribution is 2.15. The number of nitrogens with zero attached hydrogens (tertiary/aromatic N) is 4. The summed E-state index contributed by atoms with van der Waals surface area (Å²) in [4.78, 5) is 21.2. The second kappa shape index (κ2) is 8.65. The number of hydrogen-bond acceptors (Lipinski definition) is 3. The number of aromatic nitrogens is 4. The first kappa shape index (κ1) is 19.4. The van der Waals surface area contributed by atoms with Crippen LogP contribution in [0.1, 0.15) is 23.0 Å². The zero-order valence-electron chi connectivity index (χ0n) is 17.0. The fraction of sp³-hybridized carbons (Fsp3) is 0.174. The molecule has 7 heteroatoms. The summed E-state index contributed by atoms with van der Waals surface area (Å²) in [6.07, 6.45) is 3.58. The zero-order chi connectivity index (χ0) is 20.9. The summed E-state index contributed by atoms with van der Waals surface area (Å²) in [7, 11) is 0. The van der Waals surface area contributed by atoms with Crippen molar-refractivity contribution in [3.8, 4) is 11.4 Å². The maximum Gasteiger partial charge on any atom is 0.315 e. The van der Waals surface area contributed by atoms with Gasteiger partial charge in [-0.25, -0.2) is 14.8 Å².